The molecule has 6 nitrogen and oxygen atoms in total. The first kappa shape index (κ1) is 24.6. The summed E-state index contributed by atoms with van der Waals surface area (Å²) in [5, 5.41) is 6.25. The Bertz CT molecular complexity index is 1230. The number of halogens is 1. The topological polar surface area (TPSA) is 81.9 Å². The molecule has 2 N–H and O–H groups in total. The van der Waals surface area contributed by atoms with Crippen molar-refractivity contribution in [3.05, 3.63) is 65.2 Å². The van der Waals surface area contributed by atoms with Gasteiger partial charge in [0.15, 0.2) is 0 Å². The summed E-state index contributed by atoms with van der Waals surface area (Å²) >= 11 is 6.34. The molecule has 1 fully saturated rings. The van der Waals surface area contributed by atoms with Crippen molar-refractivity contribution >= 4 is 27.3 Å². The lowest BCUT2D eigenvalue weighted by molar-refractivity contribution is 0.0135. The Morgan fingerprint density at radius 2 is 2.14 bits per heavy atom. The second kappa shape index (κ2) is 9.43. The van der Waals surface area contributed by atoms with E-state index < -0.39 is 10.0 Å². The van der Waals surface area contributed by atoms with E-state index in [4.69, 9.17) is 26.2 Å². The van der Waals surface area contributed by atoms with Crippen LogP contribution in [-0.4, -0.2) is 41.3 Å². The fourth-order valence-electron chi connectivity index (χ4n) is 6.25. The van der Waals surface area contributed by atoms with Gasteiger partial charge in [0.1, 0.15) is 5.75 Å². The van der Waals surface area contributed by atoms with Crippen LogP contribution >= 0.6 is 11.6 Å². The number of benzene rings is 2. The van der Waals surface area contributed by atoms with Crippen molar-refractivity contribution in [3.63, 3.8) is 0 Å². The van der Waals surface area contributed by atoms with Crippen LogP contribution in [0.1, 0.15) is 36.8 Å². The number of primary sulfonamides is 1. The van der Waals surface area contributed by atoms with E-state index >= 15 is 0 Å². The molecule has 1 heterocycles. The Balaban J connectivity index is 1.56. The lowest BCUT2D eigenvalue weighted by atomic mass is 9.68. The zero-order valence-corrected chi connectivity index (χ0v) is 21.7. The summed E-state index contributed by atoms with van der Waals surface area (Å²) in [6.45, 7) is 6.00. The highest BCUT2D eigenvalue weighted by Gasteiger charge is 2.44. The third-order valence-corrected chi connectivity index (χ3v) is 9.34. The number of aryl methyl sites for hydroxylation is 1. The van der Waals surface area contributed by atoms with Gasteiger partial charge in [0, 0.05) is 30.6 Å². The van der Waals surface area contributed by atoms with Crippen LogP contribution in [0.15, 0.2) is 53.9 Å². The van der Waals surface area contributed by atoms with Crippen LogP contribution in [0.25, 0.3) is 0 Å². The van der Waals surface area contributed by atoms with E-state index in [1.54, 1.807) is 19.2 Å². The summed E-state index contributed by atoms with van der Waals surface area (Å²) < 4.78 is 36.5. The molecule has 0 amide bonds. The van der Waals surface area contributed by atoms with Gasteiger partial charge in [0.25, 0.3) is 0 Å². The summed E-state index contributed by atoms with van der Waals surface area (Å²) in [7, 11) is -2.11. The first-order chi connectivity index (χ1) is 16.7. The monoisotopic (exact) mass is 516 g/mol. The molecular weight excluding hydrogens is 484 g/mol. The van der Waals surface area contributed by atoms with E-state index in [9.17, 15) is 8.42 Å². The first-order valence-electron chi connectivity index (χ1n) is 12.2. The lowest BCUT2D eigenvalue weighted by Gasteiger charge is -2.46. The van der Waals surface area contributed by atoms with E-state index in [0.29, 0.717) is 24.2 Å². The van der Waals surface area contributed by atoms with Crippen molar-refractivity contribution in [1.29, 1.82) is 0 Å². The normalized spacial score (nSPS) is 26.7. The van der Waals surface area contributed by atoms with Gasteiger partial charge in [0.2, 0.25) is 10.0 Å². The minimum absolute atomic E-state index is 0.0127. The standard InChI is InChI=1S/C27H33ClN2O4S/c1-3-25(33-2)22-9-6-19(22)15-30-16-27(12-4-5-18-13-20(28)7-10-23(18)27)17-34-26-11-8-21(14-24(26)30)35(29,31)32/h3,7-8,10-11,13-14,19,22,25H,1,4-6,9,12,15-17H2,2H3,(H2,29,31,32)/t19-,22+,25-,27-/m0/s1. The molecule has 2 aromatic rings. The molecule has 0 aromatic heterocycles. The van der Waals surface area contributed by atoms with Crippen molar-refractivity contribution in [2.45, 2.75) is 48.5 Å². The first-order valence-corrected chi connectivity index (χ1v) is 14.2. The summed E-state index contributed by atoms with van der Waals surface area (Å²) in [5.74, 6) is 1.49. The van der Waals surface area contributed by atoms with Gasteiger partial charge in [0.05, 0.1) is 23.3 Å². The number of nitrogens with zero attached hydrogens (tertiary/aromatic N) is 1. The van der Waals surface area contributed by atoms with Gasteiger partial charge >= 0.3 is 0 Å². The van der Waals surface area contributed by atoms with Crippen molar-refractivity contribution < 1.29 is 17.9 Å². The average Bonchev–Trinajstić information content (AvgIpc) is 2.96. The van der Waals surface area contributed by atoms with E-state index in [1.165, 1.54) is 17.2 Å². The van der Waals surface area contributed by atoms with Crippen LogP contribution in [-0.2, 0) is 26.6 Å². The van der Waals surface area contributed by atoms with Crippen LogP contribution in [0.2, 0.25) is 5.02 Å². The molecule has 2 aliphatic carbocycles. The average molecular weight is 517 g/mol. The Hall–Kier alpha value is -2.06. The van der Waals surface area contributed by atoms with E-state index in [0.717, 1.165) is 55.9 Å². The van der Waals surface area contributed by atoms with Crippen molar-refractivity contribution in [2.24, 2.45) is 17.0 Å². The van der Waals surface area contributed by atoms with Crippen molar-refractivity contribution in [1.82, 2.24) is 0 Å². The highest BCUT2D eigenvalue weighted by molar-refractivity contribution is 7.89. The molecule has 5 rings (SSSR count). The van der Waals surface area contributed by atoms with Gasteiger partial charge in [-0.1, -0.05) is 23.7 Å². The minimum Gasteiger partial charge on any atom is -0.490 e. The van der Waals surface area contributed by atoms with Crippen LogP contribution in [0, 0.1) is 11.8 Å². The number of rotatable bonds is 6. The fraction of sp³-hybridized carbons (Fsp3) is 0.481. The molecule has 0 saturated heterocycles. The summed E-state index contributed by atoms with van der Waals surface area (Å²) in [5.41, 5.74) is 3.13. The van der Waals surface area contributed by atoms with Crippen LogP contribution in [0.3, 0.4) is 0 Å². The third-order valence-electron chi connectivity index (χ3n) is 8.19. The Labute approximate surface area is 213 Å². The Morgan fingerprint density at radius 3 is 2.83 bits per heavy atom. The molecule has 0 radical (unpaired) electrons. The van der Waals surface area contributed by atoms with Gasteiger partial charge in [-0.3, -0.25) is 0 Å². The minimum atomic E-state index is -3.84. The maximum atomic E-state index is 12.2. The molecule has 188 valence electrons. The Kier molecular flexibility index (Phi) is 6.64. The summed E-state index contributed by atoms with van der Waals surface area (Å²) in [6, 6.07) is 11.1. The molecule has 35 heavy (non-hydrogen) atoms. The Morgan fingerprint density at radius 1 is 1.31 bits per heavy atom. The number of sulfonamides is 1. The molecule has 1 aliphatic heterocycles. The highest BCUT2D eigenvalue weighted by Crippen LogP contribution is 2.47. The van der Waals surface area contributed by atoms with Crippen LogP contribution in [0.5, 0.6) is 5.75 Å². The molecule has 1 spiro atoms. The smallest absolute Gasteiger partial charge is 0.238 e. The molecule has 0 unspecified atom stereocenters. The van der Waals surface area contributed by atoms with Gasteiger partial charge in [-0.25, -0.2) is 13.6 Å². The van der Waals surface area contributed by atoms with Gasteiger partial charge in [-0.05, 0) is 85.4 Å². The van der Waals surface area contributed by atoms with E-state index in [-0.39, 0.29) is 16.4 Å². The summed E-state index contributed by atoms with van der Waals surface area (Å²) in [6.07, 6.45) is 7.14. The van der Waals surface area contributed by atoms with Crippen LogP contribution in [0.4, 0.5) is 5.69 Å². The molecule has 1 saturated carbocycles. The number of fused-ring (bicyclic) bond motifs is 3. The lowest BCUT2D eigenvalue weighted by Crippen LogP contribution is -2.49. The summed E-state index contributed by atoms with van der Waals surface area (Å²) in [4.78, 5) is 2.43. The number of ether oxygens (including phenoxy) is 2. The number of hydrogen-bond donors (Lipinski definition) is 1. The number of methoxy groups -OCH3 is 1. The molecule has 0 bridgehead atoms. The van der Waals surface area contributed by atoms with Crippen LogP contribution < -0.4 is 14.8 Å². The van der Waals surface area contributed by atoms with Gasteiger partial charge in [-0.15, -0.1) is 6.58 Å². The zero-order valence-electron chi connectivity index (χ0n) is 20.1. The number of nitrogens with two attached hydrogens (primary N) is 1. The van der Waals surface area contributed by atoms with Crippen molar-refractivity contribution in [2.75, 3.05) is 31.7 Å². The van der Waals surface area contributed by atoms with Gasteiger partial charge in [-0.2, -0.15) is 0 Å². The second-order valence-corrected chi connectivity index (χ2v) is 12.2. The predicted molar refractivity (Wildman–Crippen MR) is 139 cm³/mol. The number of anilines is 1. The van der Waals surface area contributed by atoms with E-state index in [2.05, 4.69) is 23.6 Å². The third kappa shape index (κ3) is 4.59. The molecule has 8 heteroatoms. The highest BCUT2D eigenvalue weighted by atomic mass is 35.5. The fourth-order valence-corrected chi connectivity index (χ4v) is 6.98. The second-order valence-electron chi connectivity index (χ2n) is 10.2. The zero-order chi connectivity index (χ0) is 24.8. The SMILES string of the molecule is C=C[C@H](OC)[C@@H]1CC[C@H]1CN1C[C@@]2(CCCc3cc(Cl)ccc32)COc2ccc(S(N)(=O)=O)cc21. The molecule has 2 aromatic carbocycles. The maximum Gasteiger partial charge on any atom is 0.238 e. The number of hydrogen-bond acceptors (Lipinski definition) is 5. The maximum absolute atomic E-state index is 12.2. The molecule has 3 aliphatic rings. The molecular formula is C27H33ClN2O4S. The largest absolute Gasteiger partial charge is 0.490 e. The molecule has 4 atom stereocenters. The predicted octanol–water partition coefficient (Wildman–Crippen LogP) is 4.69. The van der Waals surface area contributed by atoms with Gasteiger partial charge < -0.3 is 14.4 Å². The quantitative estimate of drug-likeness (QED) is 0.563. The van der Waals surface area contributed by atoms with Crippen molar-refractivity contribution in [3.8, 4) is 5.75 Å². The van der Waals surface area contributed by atoms with E-state index in [1.807, 2.05) is 12.1 Å².